The van der Waals surface area contributed by atoms with Crippen LogP contribution in [0.25, 0.3) is 21.9 Å². The number of aryl methyl sites for hydroxylation is 3. The summed E-state index contributed by atoms with van der Waals surface area (Å²) in [7, 11) is 1.80. The Hall–Kier alpha value is -2.03. The van der Waals surface area contributed by atoms with Crippen molar-refractivity contribution in [2.45, 2.75) is 13.8 Å². The maximum atomic E-state index is 11.8. The Morgan fingerprint density at radius 2 is 1.88 bits per heavy atom. The lowest BCUT2D eigenvalue weighted by Crippen LogP contribution is -2.16. The van der Waals surface area contributed by atoms with Crippen molar-refractivity contribution in [3.8, 4) is 0 Å². The fourth-order valence-electron chi connectivity index (χ4n) is 2.37. The highest BCUT2D eigenvalue weighted by atomic mass is 16.3. The summed E-state index contributed by atoms with van der Waals surface area (Å²) in [5.74, 6) is 0.862. The van der Waals surface area contributed by atoms with E-state index in [0.29, 0.717) is 0 Å². The van der Waals surface area contributed by atoms with Crippen LogP contribution >= 0.6 is 0 Å². The second-order valence-corrected chi connectivity index (χ2v) is 4.46. The van der Waals surface area contributed by atoms with Crippen molar-refractivity contribution in [1.82, 2.24) is 4.57 Å². The molecule has 2 aromatic heterocycles. The summed E-state index contributed by atoms with van der Waals surface area (Å²) in [4.78, 5) is 11.8. The maximum absolute atomic E-state index is 11.8. The van der Waals surface area contributed by atoms with Gasteiger partial charge in [-0.05, 0) is 37.6 Å². The lowest BCUT2D eigenvalue weighted by Gasteiger charge is -2.07. The fraction of sp³-hybridized carbons (Fsp3) is 0.214. The minimum absolute atomic E-state index is 0.0151. The van der Waals surface area contributed by atoms with Crippen molar-refractivity contribution >= 4 is 21.9 Å². The molecule has 0 amide bonds. The second kappa shape index (κ2) is 3.23. The van der Waals surface area contributed by atoms with Crippen molar-refractivity contribution < 1.29 is 4.42 Å². The van der Waals surface area contributed by atoms with Gasteiger partial charge in [-0.3, -0.25) is 4.79 Å². The Labute approximate surface area is 98.3 Å². The minimum atomic E-state index is 0.0151. The van der Waals surface area contributed by atoms with Crippen molar-refractivity contribution in [3.05, 3.63) is 45.9 Å². The van der Waals surface area contributed by atoms with E-state index in [1.165, 1.54) is 0 Å². The molecular weight excluding hydrogens is 214 g/mol. The molecular formula is C14H13NO2. The van der Waals surface area contributed by atoms with E-state index in [1.54, 1.807) is 17.7 Å². The molecule has 0 bridgehead atoms. The molecule has 2 heterocycles. The Balaban J connectivity index is 2.69. The predicted molar refractivity (Wildman–Crippen MR) is 68.4 cm³/mol. The SMILES string of the molecule is Cc1cc2c(ccc3c(C)cc(=O)n(C)c32)o1. The molecule has 0 saturated heterocycles. The molecule has 3 rings (SSSR count). The monoisotopic (exact) mass is 227 g/mol. The van der Waals surface area contributed by atoms with Gasteiger partial charge in [-0.1, -0.05) is 0 Å². The molecule has 0 fully saturated rings. The van der Waals surface area contributed by atoms with Gasteiger partial charge in [-0.2, -0.15) is 0 Å². The van der Waals surface area contributed by atoms with E-state index in [-0.39, 0.29) is 5.56 Å². The summed E-state index contributed by atoms with van der Waals surface area (Å²) >= 11 is 0. The number of rotatable bonds is 0. The average molecular weight is 227 g/mol. The lowest BCUT2D eigenvalue weighted by molar-refractivity contribution is 0.578. The molecule has 0 radical (unpaired) electrons. The Morgan fingerprint density at radius 3 is 2.65 bits per heavy atom. The van der Waals surface area contributed by atoms with Crippen molar-refractivity contribution in [1.29, 1.82) is 0 Å². The van der Waals surface area contributed by atoms with Crippen LogP contribution in [0.2, 0.25) is 0 Å². The number of hydrogen-bond acceptors (Lipinski definition) is 2. The van der Waals surface area contributed by atoms with Gasteiger partial charge < -0.3 is 8.98 Å². The van der Waals surface area contributed by atoms with Gasteiger partial charge in [0.05, 0.1) is 5.52 Å². The molecule has 17 heavy (non-hydrogen) atoms. The van der Waals surface area contributed by atoms with Gasteiger partial charge in [0.25, 0.3) is 5.56 Å². The van der Waals surface area contributed by atoms with Gasteiger partial charge in [0.15, 0.2) is 0 Å². The zero-order valence-electron chi connectivity index (χ0n) is 10.1. The lowest BCUT2D eigenvalue weighted by atomic mass is 10.1. The average Bonchev–Trinajstić information content (AvgIpc) is 2.65. The van der Waals surface area contributed by atoms with Gasteiger partial charge >= 0.3 is 0 Å². The molecule has 3 nitrogen and oxygen atoms in total. The first-order valence-electron chi connectivity index (χ1n) is 5.57. The highest BCUT2D eigenvalue weighted by molar-refractivity contribution is 6.04. The van der Waals surface area contributed by atoms with Crippen LogP contribution in [0, 0.1) is 13.8 Å². The quantitative estimate of drug-likeness (QED) is 0.592. The van der Waals surface area contributed by atoms with Crippen molar-refractivity contribution in [2.75, 3.05) is 0 Å². The Kier molecular flexibility index (Phi) is 1.93. The van der Waals surface area contributed by atoms with Crippen LogP contribution in [0.4, 0.5) is 0 Å². The third-order valence-electron chi connectivity index (χ3n) is 3.23. The van der Waals surface area contributed by atoms with Crippen LogP contribution in [0.15, 0.2) is 33.5 Å². The van der Waals surface area contributed by atoms with Crippen LogP contribution in [0.3, 0.4) is 0 Å². The molecule has 0 atom stereocenters. The van der Waals surface area contributed by atoms with E-state index in [2.05, 4.69) is 0 Å². The molecule has 0 aliphatic carbocycles. The topological polar surface area (TPSA) is 35.1 Å². The van der Waals surface area contributed by atoms with Crippen LogP contribution in [-0.4, -0.2) is 4.57 Å². The van der Waals surface area contributed by atoms with Crippen LogP contribution in [-0.2, 0) is 7.05 Å². The van der Waals surface area contributed by atoms with Crippen molar-refractivity contribution in [2.24, 2.45) is 7.05 Å². The fourth-order valence-corrected chi connectivity index (χ4v) is 2.37. The number of fused-ring (bicyclic) bond motifs is 3. The summed E-state index contributed by atoms with van der Waals surface area (Å²) in [6, 6.07) is 7.62. The van der Waals surface area contributed by atoms with E-state index in [9.17, 15) is 4.79 Å². The first-order valence-corrected chi connectivity index (χ1v) is 5.57. The van der Waals surface area contributed by atoms with Crippen LogP contribution < -0.4 is 5.56 Å². The highest BCUT2D eigenvalue weighted by Gasteiger charge is 2.10. The zero-order valence-corrected chi connectivity index (χ0v) is 10.1. The molecule has 86 valence electrons. The molecule has 3 aromatic rings. The van der Waals surface area contributed by atoms with Gasteiger partial charge in [0.2, 0.25) is 0 Å². The first-order chi connectivity index (χ1) is 8.08. The van der Waals surface area contributed by atoms with Crippen molar-refractivity contribution in [3.63, 3.8) is 0 Å². The summed E-state index contributed by atoms with van der Waals surface area (Å²) in [6.45, 7) is 3.88. The summed E-state index contributed by atoms with van der Waals surface area (Å²) < 4.78 is 7.28. The Morgan fingerprint density at radius 1 is 1.12 bits per heavy atom. The largest absolute Gasteiger partial charge is 0.461 e. The molecule has 0 aliphatic heterocycles. The van der Waals surface area contributed by atoms with E-state index in [0.717, 1.165) is 33.2 Å². The number of pyridine rings is 1. The Bertz CT molecular complexity index is 793. The van der Waals surface area contributed by atoms with E-state index >= 15 is 0 Å². The standard InChI is InChI=1S/C14H13NO2/c1-8-6-13(16)15(3)14-10(8)4-5-12-11(14)7-9(2)17-12/h4-7H,1-3H3. The minimum Gasteiger partial charge on any atom is -0.461 e. The smallest absolute Gasteiger partial charge is 0.251 e. The second-order valence-electron chi connectivity index (χ2n) is 4.46. The van der Waals surface area contributed by atoms with Crippen LogP contribution in [0.5, 0.6) is 0 Å². The number of furan rings is 1. The molecule has 0 N–H and O–H groups in total. The maximum Gasteiger partial charge on any atom is 0.251 e. The van der Waals surface area contributed by atoms with E-state index < -0.39 is 0 Å². The van der Waals surface area contributed by atoms with Gasteiger partial charge in [-0.25, -0.2) is 0 Å². The molecule has 1 aromatic carbocycles. The van der Waals surface area contributed by atoms with Crippen LogP contribution in [0.1, 0.15) is 11.3 Å². The predicted octanol–water partition coefficient (Wildman–Crippen LogP) is 2.90. The molecule has 0 aliphatic rings. The molecule has 3 heteroatoms. The molecule has 0 unspecified atom stereocenters. The number of benzene rings is 1. The molecule has 0 spiro atoms. The first kappa shape index (κ1) is 10.1. The highest BCUT2D eigenvalue weighted by Crippen LogP contribution is 2.28. The summed E-state index contributed by atoms with van der Waals surface area (Å²) in [5.41, 5.74) is 2.80. The normalized spacial score (nSPS) is 11.5. The summed E-state index contributed by atoms with van der Waals surface area (Å²) in [5, 5.41) is 2.10. The summed E-state index contributed by atoms with van der Waals surface area (Å²) in [6.07, 6.45) is 0. The van der Waals surface area contributed by atoms with Gasteiger partial charge in [0, 0.05) is 23.9 Å². The zero-order chi connectivity index (χ0) is 12.2. The third kappa shape index (κ3) is 1.32. The molecule has 0 saturated carbocycles. The van der Waals surface area contributed by atoms with Gasteiger partial charge in [-0.15, -0.1) is 0 Å². The van der Waals surface area contributed by atoms with E-state index in [1.807, 2.05) is 32.0 Å². The number of aromatic nitrogens is 1. The number of hydrogen-bond donors (Lipinski definition) is 0. The van der Waals surface area contributed by atoms with Gasteiger partial charge in [0.1, 0.15) is 11.3 Å². The van der Waals surface area contributed by atoms with E-state index in [4.69, 9.17) is 4.42 Å². The third-order valence-corrected chi connectivity index (χ3v) is 3.23. The number of nitrogens with zero attached hydrogens (tertiary/aromatic N) is 1.